The Hall–Kier alpha value is -0.740. The molecule has 0 saturated heterocycles. The number of hydrogen-bond acceptors (Lipinski definition) is 4. The Morgan fingerprint density at radius 1 is 0.833 bits per heavy atom. The molecule has 24 heavy (non-hydrogen) atoms. The van der Waals surface area contributed by atoms with E-state index in [0.29, 0.717) is 26.1 Å². The molecule has 0 bridgehead atoms. The molecule has 0 N–H and O–H groups in total. The number of halogens is 2. The lowest BCUT2D eigenvalue weighted by molar-refractivity contribution is -0.142. The predicted molar refractivity (Wildman–Crippen MR) is 96.5 cm³/mol. The van der Waals surface area contributed by atoms with Gasteiger partial charge in [0.05, 0.1) is 35.1 Å². The van der Waals surface area contributed by atoms with Crippen LogP contribution in [0.1, 0.15) is 65.2 Å². The molecule has 1 aliphatic rings. The van der Waals surface area contributed by atoms with Crippen LogP contribution >= 0.6 is 23.2 Å². The molecule has 1 aliphatic carbocycles. The highest BCUT2D eigenvalue weighted by atomic mass is 35.5. The predicted octanol–water partition coefficient (Wildman–Crippen LogP) is 4.76. The molecule has 0 heterocycles. The minimum Gasteiger partial charge on any atom is -0.462 e. The molecule has 0 saturated carbocycles. The fourth-order valence-electron chi connectivity index (χ4n) is 2.58. The fraction of sp³-hybridized carbons (Fsp3) is 0.778. The first-order valence-electron chi connectivity index (χ1n) is 8.89. The van der Waals surface area contributed by atoms with Crippen molar-refractivity contribution in [1.29, 1.82) is 0 Å². The Kier molecular flexibility index (Phi) is 10.4. The van der Waals surface area contributed by atoms with Crippen LogP contribution in [-0.2, 0) is 19.1 Å². The Bertz CT molecular complexity index is 408. The molecule has 0 aliphatic heterocycles. The van der Waals surface area contributed by atoms with Gasteiger partial charge in [-0.05, 0) is 25.7 Å². The van der Waals surface area contributed by atoms with Crippen LogP contribution in [0.25, 0.3) is 0 Å². The normalized spacial score (nSPS) is 20.8. The van der Waals surface area contributed by atoms with Gasteiger partial charge in [-0.3, -0.25) is 0 Å². The second-order valence-corrected chi connectivity index (χ2v) is 7.08. The zero-order valence-corrected chi connectivity index (χ0v) is 16.1. The van der Waals surface area contributed by atoms with Gasteiger partial charge in [0.15, 0.2) is 0 Å². The van der Waals surface area contributed by atoms with Crippen LogP contribution in [0.2, 0.25) is 0 Å². The first kappa shape index (κ1) is 21.3. The maximum atomic E-state index is 12.4. The SMILES string of the molecule is CCCCCOC(=O)C1=C(C(=O)OCCCCC)C(Cl)CCC1Cl. The van der Waals surface area contributed by atoms with Gasteiger partial charge in [0.2, 0.25) is 0 Å². The van der Waals surface area contributed by atoms with Crippen LogP contribution in [0.4, 0.5) is 0 Å². The lowest BCUT2D eigenvalue weighted by atomic mass is 9.90. The van der Waals surface area contributed by atoms with E-state index in [2.05, 4.69) is 13.8 Å². The molecule has 1 rings (SSSR count). The van der Waals surface area contributed by atoms with Crippen molar-refractivity contribution in [2.75, 3.05) is 13.2 Å². The summed E-state index contributed by atoms with van der Waals surface area (Å²) < 4.78 is 10.6. The van der Waals surface area contributed by atoms with Crippen molar-refractivity contribution >= 4 is 35.1 Å². The Morgan fingerprint density at radius 3 is 1.54 bits per heavy atom. The third-order valence-corrected chi connectivity index (χ3v) is 4.86. The average Bonchev–Trinajstić information content (AvgIpc) is 2.57. The van der Waals surface area contributed by atoms with Crippen LogP contribution in [0.3, 0.4) is 0 Å². The minimum atomic E-state index is -0.558. The molecule has 0 aromatic carbocycles. The van der Waals surface area contributed by atoms with Crippen molar-refractivity contribution in [3.63, 3.8) is 0 Å². The van der Waals surface area contributed by atoms with Gasteiger partial charge in [0.25, 0.3) is 0 Å². The maximum Gasteiger partial charge on any atom is 0.336 e. The number of unbranched alkanes of at least 4 members (excludes halogenated alkanes) is 4. The van der Waals surface area contributed by atoms with Crippen LogP contribution in [0, 0.1) is 0 Å². The third kappa shape index (κ3) is 6.64. The van der Waals surface area contributed by atoms with Crippen LogP contribution in [0.5, 0.6) is 0 Å². The summed E-state index contributed by atoms with van der Waals surface area (Å²) in [7, 11) is 0. The number of carbonyl (C=O) groups excluding carboxylic acids is 2. The number of carbonyl (C=O) groups is 2. The van der Waals surface area contributed by atoms with Gasteiger partial charge in [0.1, 0.15) is 0 Å². The van der Waals surface area contributed by atoms with Crippen molar-refractivity contribution in [2.45, 2.75) is 76.0 Å². The highest BCUT2D eigenvalue weighted by molar-refractivity contribution is 6.30. The van der Waals surface area contributed by atoms with E-state index in [1.54, 1.807) is 0 Å². The summed E-state index contributed by atoms with van der Waals surface area (Å²) in [5, 5.41) is -1.12. The molecule has 0 spiro atoms. The second-order valence-electron chi connectivity index (χ2n) is 6.03. The summed E-state index contributed by atoms with van der Waals surface area (Å²) in [5.74, 6) is -1.09. The number of rotatable bonds is 10. The number of alkyl halides is 2. The Balaban J connectivity index is 2.80. The van der Waals surface area contributed by atoms with Crippen molar-refractivity contribution in [3.8, 4) is 0 Å². The van der Waals surface area contributed by atoms with E-state index < -0.39 is 22.7 Å². The maximum absolute atomic E-state index is 12.4. The molecule has 0 amide bonds. The fourth-order valence-corrected chi connectivity index (χ4v) is 3.25. The highest BCUT2D eigenvalue weighted by Gasteiger charge is 2.37. The van der Waals surface area contributed by atoms with Crippen molar-refractivity contribution < 1.29 is 19.1 Å². The summed E-state index contributed by atoms with van der Waals surface area (Å²) >= 11 is 12.6. The van der Waals surface area contributed by atoms with E-state index in [-0.39, 0.29) is 11.1 Å². The molecule has 0 fully saturated rings. The van der Waals surface area contributed by atoms with Crippen LogP contribution < -0.4 is 0 Å². The summed E-state index contributed by atoms with van der Waals surface area (Å²) in [4.78, 5) is 24.8. The summed E-state index contributed by atoms with van der Waals surface area (Å²) in [5.41, 5.74) is 0.361. The van der Waals surface area contributed by atoms with Gasteiger partial charge in [-0.15, -0.1) is 23.2 Å². The molecule has 6 heteroatoms. The van der Waals surface area contributed by atoms with Gasteiger partial charge in [-0.25, -0.2) is 9.59 Å². The topological polar surface area (TPSA) is 52.6 Å². The van der Waals surface area contributed by atoms with Crippen LogP contribution in [0.15, 0.2) is 11.1 Å². The minimum absolute atomic E-state index is 0.180. The molecule has 0 radical (unpaired) electrons. The lowest BCUT2D eigenvalue weighted by Gasteiger charge is -2.26. The van der Waals surface area contributed by atoms with E-state index in [4.69, 9.17) is 32.7 Å². The highest BCUT2D eigenvalue weighted by Crippen LogP contribution is 2.34. The third-order valence-electron chi connectivity index (χ3n) is 3.99. The Morgan fingerprint density at radius 2 is 1.21 bits per heavy atom. The second kappa shape index (κ2) is 11.8. The molecule has 138 valence electrons. The zero-order chi connectivity index (χ0) is 17.9. The van der Waals surface area contributed by atoms with Crippen LogP contribution in [-0.4, -0.2) is 35.9 Å². The van der Waals surface area contributed by atoms with Crippen molar-refractivity contribution in [2.24, 2.45) is 0 Å². The average molecular weight is 379 g/mol. The first-order chi connectivity index (χ1) is 11.5. The number of ether oxygens (including phenoxy) is 2. The van der Waals surface area contributed by atoms with E-state index >= 15 is 0 Å². The van der Waals surface area contributed by atoms with E-state index in [9.17, 15) is 9.59 Å². The molecule has 0 aromatic heterocycles. The molecule has 0 aromatic rings. The number of esters is 2. The van der Waals surface area contributed by atoms with Crippen molar-refractivity contribution in [3.05, 3.63) is 11.1 Å². The first-order valence-corrected chi connectivity index (χ1v) is 9.76. The van der Waals surface area contributed by atoms with E-state index in [0.717, 1.165) is 38.5 Å². The molecule has 4 nitrogen and oxygen atoms in total. The van der Waals surface area contributed by atoms with Gasteiger partial charge < -0.3 is 9.47 Å². The zero-order valence-electron chi connectivity index (χ0n) is 14.6. The van der Waals surface area contributed by atoms with E-state index in [1.165, 1.54) is 0 Å². The standard InChI is InChI=1S/C18H28Cl2O4/c1-3-5-7-11-23-17(21)15-13(19)9-10-14(20)16(15)18(22)24-12-8-6-4-2/h13-14H,3-12H2,1-2H3. The van der Waals surface area contributed by atoms with Gasteiger partial charge in [-0.1, -0.05) is 39.5 Å². The lowest BCUT2D eigenvalue weighted by Crippen LogP contribution is -2.31. The number of hydrogen-bond donors (Lipinski definition) is 0. The summed E-state index contributed by atoms with van der Waals surface area (Å²) in [6, 6.07) is 0. The summed E-state index contributed by atoms with van der Waals surface area (Å²) in [6.07, 6.45) is 6.73. The van der Waals surface area contributed by atoms with Gasteiger partial charge >= 0.3 is 11.9 Å². The monoisotopic (exact) mass is 378 g/mol. The Labute approximate surface area is 154 Å². The van der Waals surface area contributed by atoms with Gasteiger partial charge in [0, 0.05) is 0 Å². The largest absolute Gasteiger partial charge is 0.462 e. The molecular formula is C18H28Cl2O4. The van der Waals surface area contributed by atoms with E-state index in [1.807, 2.05) is 0 Å². The quantitative estimate of drug-likeness (QED) is 0.312. The summed E-state index contributed by atoms with van der Waals surface area (Å²) in [6.45, 7) is 4.80. The van der Waals surface area contributed by atoms with Crippen molar-refractivity contribution in [1.82, 2.24) is 0 Å². The van der Waals surface area contributed by atoms with Gasteiger partial charge in [-0.2, -0.15) is 0 Å². The smallest absolute Gasteiger partial charge is 0.336 e. The molecular weight excluding hydrogens is 351 g/mol. The molecule has 2 atom stereocenters. The molecule has 2 unspecified atom stereocenters.